The van der Waals surface area contributed by atoms with Gasteiger partial charge in [-0.2, -0.15) is 0 Å². The van der Waals surface area contributed by atoms with Gasteiger partial charge >= 0.3 is 5.97 Å². The molecule has 5 nitrogen and oxygen atoms in total. The Morgan fingerprint density at radius 2 is 1.87 bits per heavy atom. The maximum atomic E-state index is 13.5. The minimum Gasteiger partial charge on any atom is -0.507 e. The van der Waals surface area contributed by atoms with Crippen LogP contribution in [0.25, 0.3) is 0 Å². The van der Waals surface area contributed by atoms with Gasteiger partial charge in [0.1, 0.15) is 17.1 Å². The molecule has 0 saturated heterocycles. The van der Waals surface area contributed by atoms with Crippen molar-refractivity contribution in [1.29, 1.82) is 0 Å². The summed E-state index contributed by atoms with van der Waals surface area (Å²) in [5, 5.41) is 12.2. The van der Waals surface area contributed by atoms with Crippen LogP contribution in [0.1, 0.15) is 22.8 Å². The molecule has 23 heavy (non-hydrogen) atoms. The van der Waals surface area contributed by atoms with Gasteiger partial charge in [0.05, 0.1) is 5.69 Å². The number of para-hydroxylation sites is 2. The van der Waals surface area contributed by atoms with Crippen LogP contribution in [0.3, 0.4) is 0 Å². The standard InChI is InChI=1S/C17H16FNO4/c1-10-6-5-7-12(15(10)20)17(22)23-11(2)16(21)19-14-9-4-3-8-13(14)18/h3-9,11,20H,1-2H3,(H,19,21)/t11-/m0/s1. The average molecular weight is 317 g/mol. The fourth-order valence-corrected chi connectivity index (χ4v) is 1.90. The van der Waals surface area contributed by atoms with Crippen molar-refractivity contribution in [2.24, 2.45) is 0 Å². The van der Waals surface area contributed by atoms with Gasteiger partial charge in [-0.15, -0.1) is 0 Å². The van der Waals surface area contributed by atoms with Crippen molar-refractivity contribution < 1.29 is 23.8 Å². The van der Waals surface area contributed by atoms with E-state index in [0.717, 1.165) is 0 Å². The third-order valence-corrected chi connectivity index (χ3v) is 3.24. The van der Waals surface area contributed by atoms with E-state index in [0.29, 0.717) is 5.56 Å². The van der Waals surface area contributed by atoms with E-state index in [-0.39, 0.29) is 17.0 Å². The summed E-state index contributed by atoms with van der Waals surface area (Å²) >= 11 is 0. The summed E-state index contributed by atoms with van der Waals surface area (Å²) < 4.78 is 18.5. The van der Waals surface area contributed by atoms with Crippen LogP contribution >= 0.6 is 0 Å². The van der Waals surface area contributed by atoms with Crippen molar-refractivity contribution in [3.8, 4) is 5.75 Å². The molecule has 2 N–H and O–H groups in total. The Balaban J connectivity index is 2.05. The Hall–Kier alpha value is -2.89. The molecule has 0 radical (unpaired) electrons. The lowest BCUT2D eigenvalue weighted by Gasteiger charge is -2.14. The second kappa shape index (κ2) is 6.91. The van der Waals surface area contributed by atoms with Crippen LogP contribution < -0.4 is 5.32 Å². The SMILES string of the molecule is Cc1cccc(C(=O)O[C@@H](C)C(=O)Nc2ccccc2F)c1O. The molecule has 1 atom stereocenters. The highest BCUT2D eigenvalue weighted by Gasteiger charge is 2.22. The number of aryl methyl sites for hydroxylation is 1. The highest BCUT2D eigenvalue weighted by molar-refractivity contribution is 5.98. The number of hydrogen-bond donors (Lipinski definition) is 2. The first-order valence-corrected chi connectivity index (χ1v) is 6.95. The number of amides is 1. The maximum Gasteiger partial charge on any atom is 0.342 e. The third-order valence-electron chi connectivity index (χ3n) is 3.24. The summed E-state index contributed by atoms with van der Waals surface area (Å²) in [5.74, 6) is -2.28. The number of nitrogens with one attached hydrogen (secondary N) is 1. The molecule has 120 valence electrons. The minimum absolute atomic E-state index is 0.00111. The molecule has 6 heteroatoms. The Kier molecular flexibility index (Phi) is 4.95. The molecule has 0 aromatic heterocycles. The van der Waals surface area contributed by atoms with Gasteiger partial charge in [-0.1, -0.05) is 24.3 Å². The molecule has 0 bridgehead atoms. The Morgan fingerprint density at radius 3 is 2.57 bits per heavy atom. The zero-order valence-corrected chi connectivity index (χ0v) is 12.7. The molecule has 1 amide bonds. The predicted octanol–water partition coefficient (Wildman–Crippen LogP) is 3.02. The van der Waals surface area contributed by atoms with Crippen LogP contribution in [0.2, 0.25) is 0 Å². The molecule has 0 spiro atoms. The molecule has 0 fully saturated rings. The number of hydrogen-bond acceptors (Lipinski definition) is 4. The summed E-state index contributed by atoms with van der Waals surface area (Å²) in [5.41, 5.74) is 0.484. The number of carbonyl (C=O) groups excluding carboxylic acids is 2. The molecule has 0 aliphatic carbocycles. The van der Waals surface area contributed by atoms with E-state index in [1.54, 1.807) is 25.1 Å². The van der Waals surface area contributed by atoms with Crippen LogP contribution in [0.5, 0.6) is 5.75 Å². The fourth-order valence-electron chi connectivity index (χ4n) is 1.90. The van der Waals surface area contributed by atoms with Crippen molar-refractivity contribution >= 4 is 17.6 Å². The van der Waals surface area contributed by atoms with Gasteiger partial charge < -0.3 is 15.2 Å². The van der Waals surface area contributed by atoms with E-state index in [1.807, 2.05) is 0 Å². The van der Waals surface area contributed by atoms with E-state index in [9.17, 15) is 19.1 Å². The van der Waals surface area contributed by atoms with E-state index in [1.165, 1.54) is 31.2 Å². The third kappa shape index (κ3) is 3.85. The van der Waals surface area contributed by atoms with Gasteiger partial charge in [0.25, 0.3) is 5.91 Å². The number of anilines is 1. The van der Waals surface area contributed by atoms with E-state index < -0.39 is 23.8 Å². The van der Waals surface area contributed by atoms with Crippen LogP contribution in [0.15, 0.2) is 42.5 Å². The molecule has 0 unspecified atom stereocenters. The predicted molar refractivity (Wildman–Crippen MR) is 82.8 cm³/mol. The number of phenols is 1. The van der Waals surface area contributed by atoms with Gasteiger partial charge in [-0.25, -0.2) is 9.18 Å². The van der Waals surface area contributed by atoms with Crippen molar-refractivity contribution in [3.63, 3.8) is 0 Å². The molecule has 2 aromatic rings. The Labute approximate surface area is 132 Å². The Morgan fingerprint density at radius 1 is 1.17 bits per heavy atom. The lowest BCUT2D eigenvalue weighted by molar-refractivity contribution is -0.123. The van der Waals surface area contributed by atoms with Crippen LogP contribution in [0, 0.1) is 12.7 Å². The maximum absolute atomic E-state index is 13.5. The molecule has 0 saturated carbocycles. The molecular formula is C17H16FNO4. The van der Waals surface area contributed by atoms with E-state index in [4.69, 9.17) is 4.74 Å². The molecule has 0 heterocycles. The molecule has 0 aliphatic heterocycles. The summed E-state index contributed by atoms with van der Waals surface area (Å²) in [6.07, 6.45) is -1.15. The van der Waals surface area contributed by atoms with Gasteiger partial charge in [0.2, 0.25) is 0 Å². The largest absolute Gasteiger partial charge is 0.507 e. The zero-order valence-electron chi connectivity index (χ0n) is 12.7. The first-order valence-electron chi connectivity index (χ1n) is 6.95. The summed E-state index contributed by atoms with van der Waals surface area (Å²) in [6, 6.07) is 10.3. The second-order valence-electron chi connectivity index (χ2n) is 4.99. The van der Waals surface area contributed by atoms with Crippen LogP contribution in [0.4, 0.5) is 10.1 Å². The second-order valence-corrected chi connectivity index (χ2v) is 4.99. The number of ether oxygens (including phenoxy) is 1. The number of halogens is 1. The highest BCUT2D eigenvalue weighted by Crippen LogP contribution is 2.22. The first kappa shape index (κ1) is 16.5. The number of benzene rings is 2. The summed E-state index contributed by atoms with van der Waals surface area (Å²) in [4.78, 5) is 24.0. The van der Waals surface area contributed by atoms with E-state index in [2.05, 4.69) is 5.32 Å². The van der Waals surface area contributed by atoms with Gasteiger partial charge in [-0.05, 0) is 37.6 Å². The fraction of sp³-hybridized carbons (Fsp3) is 0.176. The monoisotopic (exact) mass is 317 g/mol. The number of phenolic OH excluding ortho intramolecular Hbond substituents is 1. The average Bonchev–Trinajstić information content (AvgIpc) is 2.52. The van der Waals surface area contributed by atoms with Gasteiger partial charge in [-0.3, -0.25) is 4.79 Å². The van der Waals surface area contributed by atoms with Gasteiger partial charge in [0.15, 0.2) is 6.10 Å². The number of esters is 1. The zero-order chi connectivity index (χ0) is 17.0. The topological polar surface area (TPSA) is 75.6 Å². The number of aromatic hydroxyl groups is 1. The highest BCUT2D eigenvalue weighted by atomic mass is 19.1. The number of rotatable bonds is 4. The number of carbonyl (C=O) groups is 2. The molecule has 2 rings (SSSR count). The van der Waals surface area contributed by atoms with Gasteiger partial charge in [0, 0.05) is 0 Å². The molecular weight excluding hydrogens is 301 g/mol. The van der Waals surface area contributed by atoms with E-state index >= 15 is 0 Å². The smallest absolute Gasteiger partial charge is 0.342 e. The minimum atomic E-state index is -1.15. The van der Waals surface area contributed by atoms with Crippen molar-refractivity contribution in [3.05, 3.63) is 59.4 Å². The lowest BCUT2D eigenvalue weighted by Crippen LogP contribution is -2.30. The van der Waals surface area contributed by atoms with Crippen molar-refractivity contribution in [2.75, 3.05) is 5.32 Å². The van der Waals surface area contributed by atoms with Crippen molar-refractivity contribution in [1.82, 2.24) is 0 Å². The molecule has 2 aromatic carbocycles. The van der Waals surface area contributed by atoms with Crippen LogP contribution in [-0.2, 0) is 9.53 Å². The normalized spacial score (nSPS) is 11.6. The summed E-state index contributed by atoms with van der Waals surface area (Å²) in [7, 11) is 0. The molecule has 0 aliphatic rings. The quantitative estimate of drug-likeness (QED) is 0.850. The lowest BCUT2D eigenvalue weighted by atomic mass is 10.1. The Bertz CT molecular complexity index is 745. The van der Waals surface area contributed by atoms with Crippen molar-refractivity contribution in [2.45, 2.75) is 20.0 Å². The van der Waals surface area contributed by atoms with Crippen LogP contribution in [-0.4, -0.2) is 23.1 Å². The first-order chi connectivity index (χ1) is 10.9. The summed E-state index contributed by atoms with van der Waals surface area (Å²) in [6.45, 7) is 3.00.